The van der Waals surface area contributed by atoms with Crippen molar-refractivity contribution in [1.29, 1.82) is 0 Å². The number of aromatic nitrogens is 1. The van der Waals surface area contributed by atoms with Crippen molar-refractivity contribution in [3.05, 3.63) is 53.7 Å². The van der Waals surface area contributed by atoms with E-state index in [-0.39, 0.29) is 17.9 Å². The molecule has 8 nitrogen and oxygen atoms in total. The molecule has 2 aliphatic rings. The molecule has 1 aromatic heterocycles. The van der Waals surface area contributed by atoms with Gasteiger partial charge in [-0.2, -0.15) is 0 Å². The second kappa shape index (κ2) is 11.1. The molecule has 0 saturated carbocycles. The fraction of sp³-hybridized carbons (Fsp3) is 0.467. The van der Waals surface area contributed by atoms with Crippen LogP contribution in [0.15, 0.2) is 42.6 Å². The van der Waals surface area contributed by atoms with E-state index < -0.39 is 0 Å². The van der Waals surface area contributed by atoms with Crippen LogP contribution >= 0.6 is 0 Å². The highest BCUT2D eigenvalue weighted by Crippen LogP contribution is 2.38. The SMILES string of the molecule is COc1ccc(C(=O)OC2CC3CCC(C2)N3CCCn2cc(C(C)=O)c3cccc(OC)c32)cc1OC. The summed E-state index contributed by atoms with van der Waals surface area (Å²) in [6.07, 6.45) is 6.80. The minimum atomic E-state index is -0.321. The van der Waals surface area contributed by atoms with E-state index >= 15 is 0 Å². The monoisotopic (exact) mass is 520 g/mol. The number of hydrogen-bond acceptors (Lipinski definition) is 7. The molecule has 2 aliphatic heterocycles. The number of carbonyl (C=O) groups is 2. The lowest BCUT2D eigenvalue weighted by atomic mass is 9.99. The van der Waals surface area contributed by atoms with Crippen LogP contribution in [0.2, 0.25) is 0 Å². The van der Waals surface area contributed by atoms with Gasteiger partial charge in [-0.25, -0.2) is 4.79 Å². The van der Waals surface area contributed by atoms with E-state index in [2.05, 4.69) is 9.47 Å². The number of hydrogen-bond donors (Lipinski definition) is 0. The number of para-hydroxylation sites is 1. The maximum Gasteiger partial charge on any atom is 0.338 e. The lowest BCUT2D eigenvalue weighted by Gasteiger charge is -2.38. The number of rotatable bonds is 10. The van der Waals surface area contributed by atoms with Crippen molar-refractivity contribution in [3.63, 3.8) is 0 Å². The van der Waals surface area contributed by atoms with Crippen LogP contribution < -0.4 is 14.2 Å². The zero-order valence-electron chi connectivity index (χ0n) is 22.6. The Labute approximate surface area is 223 Å². The molecule has 0 aliphatic carbocycles. The van der Waals surface area contributed by atoms with Gasteiger partial charge >= 0.3 is 5.97 Å². The Hall–Kier alpha value is -3.52. The highest BCUT2D eigenvalue weighted by molar-refractivity contribution is 6.08. The van der Waals surface area contributed by atoms with Gasteiger partial charge in [0.05, 0.1) is 32.4 Å². The Kier molecular flexibility index (Phi) is 7.61. The summed E-state index contributed by atoms with van der Waals surface area (Å²) in [5, 5.41) is 0.939. The van der Waals surface area contributed by atoms with Crippen LogP contribution in [0.4, 0.5) is 0 Å². The van der Waals surface area contributed by atoms with Gasteiger partial charge in [0, 0.05) is 55.2 Å². The lowest BCUT2D eigenvalue weighted by Crippen LogP contribution is -2.46. The van der Waals surface area contributed by atoms with Crippen molar-refractivity contribution >= 4 is 22.7 Å². The van der Waals surface area contributed by atoms with Gasteiger partial charge in [0.15, 0.2) is 17.3 Å². The second-order valence-electron chi connectivity index (χ2n) is 10.2. The number of ketones is 1. The molecule has 8 heteroatoms. The summed E-state index contributed by atoms with van der Waals surface area (Å²) in [4.78, 5) is 27.7. The molecular weight excluding hydrogens is 484 g/mol. The van der Waals surface area contributed by atoms with Crippen molar-refractivity contribution in [1.82, 2.24) is 9.47 Å². The molecule has 2 aromatic carbocycles. The number of benzene rings is 2. The first-order valence-electron chi connectivity index (χ1n) is 13.3. The van der Waals surface area contributed by atoms with Crippen molar-refractivity contribution < 1.29 is 28.5 Å². The molecule has 0 amide bonds. The minimum absolute atomic E-state index is 0.0600. The molecule has 38 heavy (non-hydrogen) atoms. The molecule has 5 rings (SSSR count). The molecule has 0 N–H and O–H groups in total. The summed E-state index contributed by atoms with van der Waals surface area (Å²) in [5.41, 5.74) is 2.18. The third kappa shape index (κ3) is 4.97. The first kappa shape index (κ1) is 26.1. The van der Waals surface area contributed by atoms with E-state index in [1.54, 1.807) is 46.5 Å². The molecule has 0 spiro atoms. The average molecular weight is 521 g/mol. The number of nitrogens with zero attached hydrogens (tertiary/aromatic N) is 2. The maximum absolute atomic E-state index is 12.9. The fourth-order valence-electron chi connectivity index (χ4n) is 6.24. The van der Waals surface area contributed by atoms with Gasteiger partial charge in [-0.3, -0.25) is 9.69 Å². The third-order valence-electron chi connectivity index (χ3n) is 8.01. The molecule has 2 fully saturated rings. The van der Waals surface area contributed by atoms with Crippen LogP contribution in [0.5, 0.6) is 17.2 Å². The second-order valence-corrected chi connectivity index (χ2v) is 10.2. The van der Waals surface area contributed by atoms with Crippen LogP contribution in [-0.4, -0.2) is 67.3 Å². The van der Waals surface area contributed by atoms with Crippen molar-refractivity contribution in [2.24, 2.45) is 0 Å². The summed E-state index contributed by atoms with van der Waals surface area (Å²) >= 11 is 0. The molecule has 2 saturated heterocycles. The van der Waals surface area contributed by atoms with Crippen LogP contribution in [-0.2, 0) is 11.3 Å². The molecule has 2 bridgehead atoms. The molecule has 0 radical (unpaired) electrons. The van der Waals surface area contributed by atoms with Crippen molar-refractivity contribution in [3.8, 4) is 17.2 Å². The fourth-order valence-corrected chi connectivity index (χ4v) is 6.24. The van der Waals surface area contributed by atoms with E-state index in [0.29, 0.717) is 29.1 Å². The first-order chi connectivity index (χ1) is 18.4. The Bertz CT molecular complexity index is 1320. The Balaban J connectivity index is 1.20. The summed E-state index contributed by atoms with van der Waals surface area (Å²) < 4.78 is 24.3. The summed E-state index contributed by atoms with van der Waals surface area (Å²) in [6, 6.07) is 11.8. The number of aryl methyl sites for hydroxylation is 1. The number of carbonyl (C=O) groups excluding carboxylic acids is 2. The standard InChI is InChI=1S/C30H36N2O6/c1-19(33)25-18-31(29-24(25)7-5-8-27(29)36-3)13-6-14-32-21-10-11-22(32)17-23(16-21)38-30(34)20-9-12-26(35-2)28(15-20)37-4/h5,7-9,12,15,18,21-23H,6,10-11,13-14,16-17H2,1-4H3. The smallest absolute Gasteiger partial charge is 0.338 e. The van der Waals surface area contributed by atoms with E-state index in [1.165, 1.54) is 0 Å². The zero-order valence-corrected chi connectivity index (χ0v) is 22.6. The first-order valence-corrected chi connectivity index (χ1v) is 13.3. The van der Waals surface area contributed by atoms with Crippen LogP contribution in [0.3, 0.4) is 0 Å². The number of fused-ring (bicyclic) bond motifs is 3. The van der Waals surface area contributed by atoms with Gasteiger partial charge < -0.3 is 23.5 Å². The zero-order chi connectivity index (χ0) is 26.8. The van der Waals surface area contributed by atoms with Gasteiger partial charge in [-0.1, -0.05) is 12.1 Å². The van der Waals surface area contributed by atoms with E-state index in [9.17, 15) is 9.59 Å². The summed E-state index contributed by atoms with van der Waals surface area (Å²) in [6.45, 7) is 3.38. The molecule has 2 atom stereocenters. The van der Waals surface area contributed by atoms with Crippen LogP contribution in [0, 0.1) is 0 Å². The molecule has 2 unspecified atom stereocenters. The Morgan fingerprint density at radius 2 is 1.61 bits per heavy atom. The number of esters is 1. The minimum Gasteiger partial charge on any atom is -0.495 e. The predicted octanol–water partition coefficient (Wildman–Crippen LogP) is 5.11. The lowest BCUT2D eigenvalue weighted by molar-refractivity contribution is -0.00643. The van der Waals surface area contributed by atoms with Gasteiger partial charge in [-0.05, 0) is 50.5 Å². The summed E-state index contributed by atoms with van der Waals surface area (Å²) in [5.74, 6) is 1.62. The highest BCUT2D eigenvalue weighted by atomic mass is 16.5. The number of ether oxygens (including phenoxy) is 4. The normalized spacial score (nSPS) is 20.9. The largest absolute Gasteiger partial charge is 0.495 e. The average Bonchev–Trinajstić information content (AvgIpc) is 3.41. The van der Waals surface area contributed by atoms with Crippen LogP contribution in [0.25, 0.3) is 10.9 Å². The Morgan fingerprint density at radius 3 is 2.26 bits per heavy atom. The number of piperidine rings is 1. The van der Waals surface area contributed by atoms with Crippen molar-refractivity contribution in [2.45, 2.75) is 63.8 Å². The quantitative estimate of drug-likeness (QED) is 0.271. The van der Waals surface area contributed by atoms with Gasteiger partial charge in [-0.15, -0.1) is 0 Å². The maximum atomic E-state index is 12.9. The molecule has 3 heterocycles. The highest BCUT2D eigenvalue weighted by Gasteiger charge is 2.41. The van der Waals surface area contributed by atoms with Gasteiger partial charge in [0.2, 0.25) is 0 Å². The number of methoxy groups -OCH3 is 3. The van der Waals surface area contributed by atoms with Gasteiger partial charge in [0.25, 0.3) is 0 Å². The van der Waals surface area contributed by atoms with Gasteiger partial charge in [0.1, 0.15) is 11.9 Å². The van der Waals surface area contributed by atoms with E-state index in [1.807, 2.05) is 24.4 Å². The molecule has 202 valence electrons. The number of Topliss-reactive ketones (excluding diaryl/α,β-unsaturated/α-hetero) is 1. The molecular formula is C30H36N2O6. The Morgan fingerprint density at radius 1 is 0.895 bits per heavy atom. The van der Waals surface area contributed by atoms with E-state index in [0.717, 1.165) is 67.4 Å². The third-order valence-corrected chi connectivity index (χ3v) is 8.01. The predicted molar refractivity (Wildman–Crippen MR) is 145 cm³/mol. The topological polar surface area (TPSA) is 79.2 Å². The van der Waals surface area contributed by atoms with Crippen molar-refractivity contribution in [2.75, 3.05) is 27.9 Å². The molecule has 3 aromatic rings. The summed E-state index contributed by atoms with van der Waals surface area (Å²) in [7, 11) is 4.79. The van der Waals surface area contributed by atoms with Crippen LogP contribution in [0.1, 0.15) is 59.7 Å². The van der Waals surface area contributed by atoms with E-state index in [4.69, 9.17) is 18.9 Å².